The third kappa shape index (κ3) is 6.18. The van der Waals surface area contributed by atoms with Gasteiger partial charge in [0, 0.05) is 10.9 Å². The highest BCUT2D eigenvalue weighted by molar-refractivity contribution is 9.10. The summed E-state index contributed by atoms with van der Waals surface area (Å²) in [5.74, 6) is 1.21. The summed E-state index contributed by atoms with van der Waals surface area (Å²) >= 11 is 3.52. The number of nitrogens with two attached hydrogens (primary N) is 1. The Bertz CT molecular complexity index is 448. The van der Waals surface area contributed by atoms with Gasteiger partial charge in [0.2, 0.25) is 5.91 Å². The number of halogens is 1. The van der Waals surface area contributed by atoms with Gasteiger partial charge in [-0.15, -0.1) is 0 Å². The molecule has 21 heavy (non-hydrogen) atoms. The van der Waals surface area contributed by atoms with Crippen molar-refractivity contribution < 1.29 is 4.79 Å². The molecule has 0 aliphatic rings. The predicted molar refractivity (Wildman–Crippen MR) is 91.9 cm³/mol. The molecule has 1 aromatic rings. The minimum absolute atomic E-state index is 0.0140. The number of benzene rings is 1. The van der Waals surface area contributed by atoms with Crippen molar-refractivity contribution in [2.75, 3.05) is 6.54 Å². The zero-order valence-corrected chi connectivity index (χ0v) is 14.8. The Hall–Kier alpha value is -0.870. The first-order chi connectivity index (χ1) is 9.95. The van der Waals surface area contributed by atoms with Crippen LogP contribution in [0.25, 0.3) is 0 Å². The molecule has 1 unspecified atom stereocenters. The van der Waals surface area contributed by atoms with Gasteiger partial charge in [-0.2, -0.15) is 0 Å². The predicted octanol–water partition coefficient (Wildman–Crippen LogP) is 4.03. The quantitative estimate of drug-likeness (QED) is 0.740. The molecule has 118 valence electrons. The third-order valence-electron chi connectivity index (χ3n) is 3.97. The van der Waals surface area contributed by atoms with Gasteiger partial charge in [-0.1, -0.05) is 48.0 Å². The van der Waals surface area contributed by atoms with Crippen molar-refractivity contribution >= 4 is 21.8 Å². The minimum atomic E-state index is 0.0140. The van der Waals surface area contributed by atoms with Gasteiger partial charge in [0.15, 0.2) is 0 Å². The average molecular weight is 355 g/mol. The largest absolute Gasteiger partial charge is 0.350 e. The molecule has 0 fully saturated rings. The number of hydrogen-bond acceptors (Lipinski definition) is 2. The van der Waals surface area contributed by atoms with Crippen molar-refractivity contribution in [3.05, 3.63) is 34.3 Å². The molecule has 0 heterocycles. The Labute approximate surface area is 136 Å². The van der Waals surface area contributed by atoms with Gasteiger partial charge in [0.25, 0.3) is 0 Å². The second-order valence-electron chi connectivity index (χ2n) is 5.93. The second-order valence-corrected chi connectivity index (χ2v) is 6.79. The molecule has 1 aromatic carbocycles. The lowest BCUT2D eigenvalue weighted by atomic mass is 9.88. The lowest BCUT2D eigenvalue weighted by Crippen LogP contribution is -2.27. The first-order valence-corrected chi connectivity index (χ1v) is 8.48. The summed E-state index contributed by atoms with van der Waals surface area (Å²) in [4.78, 5) is 12.1. The first-order valence-electron chi connectivity index (χ1n) is 7.69. The number of hydrogen-bond donors (Lipinski definition) is 2. The number of nitrogens with one attached hydrogen (secondary N) is 1. The van der Waals surface area contributed by atoms with E-state index in [1.165, 1.54) is 0 Å². The van der Waals surface area contributed by atoms with Gasteiger partial charge in [0.1, 0.15) is 0 Å². The van der Waals surface area contributed by atoms with E-state index in [-0.39, 0.29) is 11.9 Å². The highest BCUT2D eigenvalue weighted by Gasteiger charge is 2.16. The standard InChI is InChI=1S/C17H27BrN2O/c1-12(2)14(10-11-19)8-9-17(21)20-13(3)15-6-4-5-7-16(15)18/h4-7,12-14H,8-11,19H2,1-3H3,(H,20,21)/t13-,14?/m1/s1. The van der Waals surface area contributed by atoms with Gasteiger partial charge in [0.05, 0.1) is 6.04 Å². The van der Waals surface area contributed by atoms with E-state index >= 15 is 0 Å². The van der Waals surface area contributed by atoms with Crippen LogP contribution in [0.1, 0.15) is 51.6 Å². The highest BCUT2D eigenvalue weighted by Crippen LogP contribution is 2.24. The molecule has 0 saturated heterocycles. The van der Waals surface area contributed by atoms with Gasteiger partial charge in [-0.3, -0.25) is 4.79 Å². The lowest BCUT2D eigenvalue weighted by Gasteiger charge is -2.21. The molecule has 0 aromatic heterocycles. The fourth-order valence-corrected chi connectivity index (χ4v) is 3.19. The lowest BCUT2D eigenvalue weighted by molar-refractivity contribution is -0.122. The molecular formula is C17H27BrN2O. The second kappa shape index (κ2) is 9.21. The van der Waals surface area contributed by atoms with Crippen molar-refractivity contribution in [1.29, 1.82) is 0 Å². The third-order valence-corrected chi connectivity index (χ3v) is 4.69. The highest BCUT2D eigenvalue weighted by atomic mass is 79.9. The average Bonchev–Trinajstić information content (AvgIpc) is 2.43. The molecule has 0 aliphatic heterocycles. The van der Waals surface area contributed by atoms with E-state index in [2.05, 4.69) is 35.1 Å². The summed E-state index contributed by atoms with van der Waals surface area (Å²) in [5.41, 5.74) is 6.75. The molecule has 3 nitrogen and oxygen atoms in total. The first kappa shape index (κ1) is 18.2. The molecule has 0 aliphatic carbocycles. The Morgan fingerprint density at radius 3 is 2.48 bits per heavy atom. The molecule has 4 heteroatoms. The topological polar surface area (TPSA) is 55.1 Å². The van der Waals surface area contributed by atoms with E-state index in [9.17, 15) is 4.79 Å². The summed E-state index contributed by atoms with van der Waals surface area (Å²) in [6, 6.07) is 8.00. The van der Waals surface area contributed by atoms with E-state index in [0.717, 1.165) is 22.9 Å². The van der Waals surface area contributed by atoms with E-state index in [4.69, 9.17) is 5.73 Å². The summed E-state index contributed by atoms with van der Waals surface area (Å²) in [6.07, 6.45) is 2.46. The molecule has 0 bridgehead atoms. The Kier molecular flexibility index (Phi) is 7.97. The zero-order chi connectivity index (χ0) is 15.8. The number of rotatable bonds is 8. The van der Waals surface area contributed by atoms with Crippen LogP contribution in [0.3, 0.4) is 0 Å². The van der Waals surface area contributed by atoms with Crippen LogP contribution in [-0.4, -0.2) is 12.5 Å². The van der Waals surface area contributed by atoms with E-state index in [1.54, 1.807) is 0 Å². The molecule has 0 radical (unpaired) electrons. The van der Waals surface area contributed by atoms with Gasteiger partial charge in [-0.05, 0) is 49.8 Å². The Morgan fingerprint density at radius 1 is 1.24 bits per heavy atom. The van der Waals surface area contributed by atoms with Crippen molar-refractivity contribution in [2.45, 2.75) is 46.1 Å². The maximum absolute atomic E-state index is 12.1. The molecule has 1 rings (SSSR count). The van der Waals surface area contributed by atoms with Crippen LogP contribution in [0.15, 0.2) is 28.7 Å². The molecule has 1 amide bonds. The SMILES string of the molecule is CC(C)C(CCN)CCC(=O)N[C@H](C)c1ccccc1Br. The van der Waals surface area contributed by atoms with Crippen LogP contribution < -0.4 is 11.1 Å². The summed E-state index contributed by atoms with van der Waals surface area (Å²) in [6.45, 7) is 7.10. The van der Waals surface area contributed by atoms with Gasteiger partial charge >= 0.3 is 0 Å². The fourth-order valence-electron chi connectivity index (χ4n) is 2.56. The molecular weight excluding hydrogens is 328 g/mol. The smallest absolute Gasteiger partial charge is 0.220 e. The summed E-state index contributed by atoms with van der Waals surface area (Å²) < 4.78 is 1.03. The molecule has 2 atom stereocenters. The van der Waals surface area contributed by atoms with Crippen LogP contribution >= 0.6 is 15.9 Å². The Morgan fingerprint density at radius 2 is 1.90 bits per heavy atom. The summed E-state index contributed by atoms with van der Waals surface area (Å²) in [5, 5.41) is 3.07. The van der Waals surface area contributed by atoms with Gasteiger partial charge in [-0.25, -0.2) is 0 Å². The minimum Gasteiger partial charge on any atom is -0.350 e. The van der Waals surface area contributed by atoms with E-state index in [0.29, 0.717) is 24.8 Å². The molecule has 0 spiro atoms. The van der Waals surface area contributed by atoms with Crippen LogP contribution in [0, 0.1) is 11.8 Å². The summed E-state index contributed by atoms with van der Waals surface area (Å²) in [7, 11) is 0. The molecule has 3 N–H and O–H groups in total. The maximum Gasteiger partial charge on any atom is 0.220 e. The molecule has 0 saturated carbocycles. The van der Waals surface area contributed by atoms with Crippen molar-refractivity contribution in [1.82, 2.24) is 5.32 Å². The van der Waals surface area contributed by atoms with Crippen LogP contribution in [0.5, 0.6) is 0 Å². The van der Waals surface area contributed by atoms with Crippen molar-refractivity contribution in [3.8, 4) is 0 Å². The maximum atomic E-state index is 12.1. The fraction of sp³-hybridized carbons (Fsp3) is 0.588. The van der Waals surface area contributed by atoms with E-state index < -0.39 is 0 Å². The number of amides is 1. The zero-order valence-electron chi connectivity index (χ0n) is 13.2. The Balaban J connectivity index is 2.48. The van der Waals surface area contributed by atoms with E-state index in [1.807, 2.05) is 31.2 Å². The van der Waals surface area contributed by atoms with Gasteiger partial charge < -0.3 is 11.1 Å². The van der Waals surface area contributed by atoms with Crippen molar-refractivity contribution in [3.63, 3.8) is 0 Å². The number of carbonyl (C=O) groups is 1. The van der Waals surface area contributed by atoms with Crippen molar-refractivity contribution in [2.24, 2.45) is 17.6 Å². The van der Waals surface area contributed by atoms with Crippen LogP contribution in [-0.2, 0) is 4.79 Å². The normalized spacial score (nSPS) is 14.0. The number of carbonyl (C=O) groups excluding carboxylic acids is 1. The monoisotopic (exact) mass is 354 g/mol. The van der Waals surface area contributed by atoms with Crippen LogP contribution in [0.2, 0.25) is 0 Å². The van der Waals surface area contributed by atoms with Crippen LogP contribution in [0.4, 0.5) is 0 Å².